The maximum atomic E-state index is 6.53. The Kier molecular flexibility index (Phi) is 6.90. The second kappa shape index (κ2) is 10.6. The van der Waals surface area contributed by atoms with Gasteiger partial charge in [0.25, 0.3) is 0 Å². The molecule has 0 spiro atoms. The highest BCUT2D eigenvalue weighted by Crippen LogP contribution is 2.38. The van der Waals surface area contributed by atoms with Crippen LogP contribution in [0, 0.1) is 0 Å². The van der Waals surface area contributed by atoms with Gasteiger partial charge in [0.15, 0.2) is 5.65 Å². The molecule has 1 saturated carbocycles. The number of benzene rings is 1. The van der Waals surface area contributed by atoms with Crippen molar-refractivity contribution >= 4 is 22.5 Å². The smallest absolute Gasteiger partial charge is 0.187 e. The number of nitrogens with two attached hydrogens (primary N) is 1. The summed E-state index contributed by atoms with van der Waals surface area (Å²) < 4.78 is 11.1. The highest BCUT2D eigenvalue weighted by atomic mass is 16.5. The lowest BCUT2D eigenvalue weighted by molar-refractivity contribution is 0.0873. The molecule has 1 aliphatic heterocycles. The molecule has 0 bridgehead atoms. The van der Waals surface area contributed by atoms with Gasteiger partial charge in [0.1, 0.15) is 23.2 Å². The van der Waals surface area contributed by atoms with E-state index in [2.05, 4.69) is 32.4 Å². The Balaban J connectivity index is 1.18. The summed E-state index contributed by atoms with van der Waals surface area (Å²) in [7, 11) is 3.86. The number of nitrogen functional groups attached to an aromatic ring is 1. The van der Waals surface area contributed by atoms with Crippen molar-refractivity contribution in [3.8, 4) is 17.0 Å². The number of fused-ring (bicyclic) bond motifs is 1. The monoisotopic (exact) mass is 516 g/mol. The summed E-state index contributed by atoms with van der Waals surface area (Å²) >= 11 is 0. The minimum absolute atomic E-state index is 0.324. The molecule has 0 amide bonds. The van der Waals surface area contributed by atoms with Gasteiger partial charge in [-0.25, -0.2) is 9.97 Å². The van der Waals surface area contributed by atoms with Crippen molar-refractivity contribution in [3.63, 3.8) is 0 Å². The molecule has 0 radical (unpaired) electrons. The fourth-order valence-electron chi connectivity index (χ4n) is 5.83. The Morgan fingerprint density at radius 3 is 2.66 bits per heavy atom. The van der Waals surface area contributed by atoms with E-state index in [-0.39, 0.29) is 0 Å². The zero-order valence-electron chi connectivity index (χ0n) is 22.1. The first-order valence-electron chi connectivity index (χ1n) is 13.5. The lowest BCUT2D eigenvalue weighted by atomic mass is 9.84. The van der Waals surface area contributed by atoms with Gasteiger partial charge in [0.05, 0.1) is 36.7 Å². The van der Waals surface area contributed by atoms with Crippen molar-refractivity contribution in [2.45, 2.75) is 44.2 Å². The molecule has 0 unspecified atom stereocenters. The summed E-state index contributed by atoms with van der Waals surface area (Å²) in [5.74, 6) is 3.17. The minimum Gasteiger partial charge on any atom is -0.495 e. The number of rotatable bonds is 7. The van der Waals surface area contributed by atoms with Crippen LogP contribution >= 0.6 is 0 Å². The number of piperazine rings is 1. The van der Waals surface area contributed by atoms with Gasteiger partial charge < -0.3 is 25.1 Å². The first-order valence-corrected chi connectivity index (χ1v) is 13.5. The van der Waals surface area contributed by atoms with E-state index in [1.807, 2.05) is 30.3 Å². The van der Waals surface area contributed by atoms with Gasteiger partial charge in [0.2, 0.25) is 0 Å². The summed E-state index contributed by atoms with van der Waals surface area (Å²) in [6.45, 7) is 5.23. The zero-order valence-corrected chi connectivity index (χ0v) is 22.1. The van der Waals surface area contributed by atoms with E-state index < -0.39 is 0 Å². The minimum atomic E-state index is 0.324. The van der Waals surface area contributed by atoms with Crippen molar-refractivity contribution in [2.75, 3.05) is 51.4 Å². The summed E-state index contributed by atoms with van der Waals surface area (Å²) in [5.41, 5.74) is 9.71. The summed E-state index contributed by atoms with van der Waals surface area (Å²) in [6.07, 6.45) is 6.20. The van der Waals surface area contributed by atoms with Crippen molar-refractivity contribution in [3.05, 3.63) is 48.2 Å². The average Bonchev–Trinajstić information content (AvgIpc) is 3.63. The first-order chi connectivity index (χ1) is 18.6. The van der Waals surface area contributed by atoms with E-state index in [0.29, 0.717) is 35.7 Å². The quantitative estimate of drug-likeness (QED) is 0.333. The lowest BCUT2D eigenvalue weighted by Crippen LogP contribution is -2.49. The molecule has 4 N–H and O–H groups in total. The van der Waals surface area contributed by atoms with Gasteiger partial charge in [0, 0.05) is 43.7 Å². The first kappa shape index (κ1) is 24.7. The third-order valence-corrected chi connectivity index (χ3v) is 8.10. The Morgan fingerprint density at radius 1 is 1.11 bits per heavy atom. The Bertz CT molecular complexity index is 1370. The molecule has 10 nitrogen and oxygen atoms in total. The molecule has 3 aromatic heterocycles. The predicted octanol–water partition coefficient (Wildman–Crippen LogP) is 4.09. The molecular weight excluding hydrogens is 480 g/mol. The molecule has 1 aromatic carbocycles. The number of likely N-dealkylation sites (N-methyl/N-ethyl adjacent to an activating group) is 1. The van der Waals surface area contributed by atoms with Crippen LogP contribution in [0.2, 0.25) is 0 Å². The molecule has 2 fully saturated rings. The van der Waals surface area contributed by atoms with Crippen molar-refractivity contribution in [1.82, 2.24) is 30.0 Å². The molecule has 2 aliphatic rings. The van der Waals surface area contributed by atoms with Crippen molar-refractivity contribution in [1.29, 1.82) is 0 Å². The molecule has 38 heavy (non-hydrogen) atoms. The van der Waals surface area contributed by atoms with Gasteiger partial charge in [-0.2, -0.15) is 5.10 Å². The third-order valence-electron chi connectivity index (χ3n) is 8.10. The van der Waals surface area contributed by atoms with Crippen LogP contribution in [-0.4, -0.2) is 76.3 Å². The number of nitrogens with zero attached hydrogens (tertiary/aromatic N) is 5. The molecule has 0 atom stereocenters. The number of aromatic nitrogens is 4. The summed E-state index contributed by atoms with van der Waals surface area (Å²) in [5, 5.41) is 11.8. The number of nitrogens with one attached hydrogen (secondary N) is 2. The second-order valence-electron chi connectivity index (χ2n) is 10.5. The highest BCUT2D eigenvalue weighted by molar-refractivity contribution is 5.98. The van der Waals surface area contributed by atoms with E-state index in [1.54, 1.807) is 13.4 Å². The number of methoxy groups -OCH3 is 1. The zero-order chi connectivity index (χ0) is 26.1. The largest absolute Gasteiger partial charge is 0.495 e. The van der Waals surface area contributed by atoms with E-state index in [4.69, 9.17) is 24.9 Å². The SMILES string of the molecule is COc1cc(-c2[nH]nc3nc(C4CCC(N5CCN(C)CC5)CC4)nc(N)c23)ccc1NCc1ccco1. The molecule has 4 heterocycles. The Hall–Kier alpha value is -3.63. The van der Waals surface area contributed by atoms with E-state index in [9.17, 15) is 0 Å². The van der Waals surface area contributed by atoms with Crippen molar-refractivity contribution < 1.29 is 9.15 Å². The molecule has 6 rings (SSSR count). The van der Waals surface area contributed by atoms with Gasteiger partial charge >= 0.3 is 0 Å². The molecule has 10 heteroatoms. The Labute approximate surface area is 222 Å². The molecule has 200 valence electrons. The van der Waals surface area contributed by atoms with Crippen LogP contribution < -0.4 is 15.8 Å². The summed E-state index contributed by atoms with van der Waals surface area (Å²) in [4.78, 5) is 14.7. The van der Waals surface area contributed by atoms with Crippen LogP contribution in [-0.2, 0) is 6.54 Å². The number of ether oxygens (including phenoxy) is 1. The number of hydrogen-bond acceptors (Lipinski definition) is 9. The normalized spacial score (nSPS) is 21.1. The number of anilines is 2. The van der Waals surface area contributed by atoms with Crippen LogP contribution in [0.25, 0.3) is 22.3 Å². The van der Waals surface area contributed by atoms with Gasteiger partial charge in [-0.1, -0.05) is 6.07 Å². The summed E-state index contributed by atoms with van der Waals surface area (Å²) in [6, 6.07) is 10.4. The second-order valence-corrected chi connectivity index (χ2v) is 10.5. The van der Waals surface area contributed by atoms with Crippen molar-refractivity contribution in [2.24, 2.45) is 0 Å². The van der Waals surface area contributed by atoms with Crippen LogP contribution in [0.3, 0.4) is 0 Å². The lowest BCUT2D eigenvalue weighted by Gasteiger charge is -2.40. The topological polar surface area (TPSA) is 121 Å². The fourth-order valence-corrected chi connectivity index (χ4v) is 5.83. The van der Waals surface area contributed by atoms with Crippen LogP contribution in [0.4, 0.5) is 11.5 Å². The average molecular weight is 517 g/mol. The van der Waals surface area contributed by atoms with Crippen LogP contribution in [0.5, 0.6) is 5.75 Å². The van der Waals surface area contributed by atoms with E-state index in [0.717, 1.165) is 59.8 Å². The maximum Gasteiger partial charge on any atom is 0.187 e. The number of aromatic amines is 1. The van der Waals surface area contributed by atoms with Gasteiger partial charge in [-0.05, 0) is 57.0 Å². The molecule has 1 aliphatic carbocycles. The number of hydrogen-bond donors (Lipinski definition) is 3. The highest BCUT2D eigenvalue weighted by Gasteiger charge is 2.30. The van der Waals surface area contributed by atoms with E-state index in [1.165, 1.54) is 25.9 Å². The standard InChI is InChI=1S/C28H36N8O2/c1-35-11-13-36(14-12-35)20-8-5-18(6-9-20)27-31-26(29)24-25(33-34-28(24)32-27)19-7-10-22(23(16-19)37-2)30-17-21-4-3-15-38-21/h3-4,7,10,15-16,18,20,30H,5-6,8-9,11-14,17H2,1-2H3,(H3,29,31,32,33,34). The molecule has 4 aromatic rings. The van der Waals surface area contributed by atoms with Crippen LogP contribution in [0.15, 0.2) is 41.0 Å². The molecule has 1 saturated heterocycles. The predicted molar refractivity (Wildman–Crippen MR) is 148 cm³/mol. The fraction of sp³-hybridized carbons (Fsp3) is 0.464. The number of furan rings is 1. The van der Waals surface area contributed by atoms with Crippen LogP contribution in [0.1, 0.15) is 43.2 Å². The molecular formula is C28H36N8O2. The third kappa shape index (κ3) is 4.93. The van der Waals surface area contributed by atoms with E-state index >= 15 is 0 Å². The van der Waals surface area contributed by atoms with Gasteiger partial charge in [-0.15, -0.1) is 0 Å². The maximum absolute atomic E-state index is 6.53. The Morgan fingerprint density at radius 2 is 1.92 bits per heavy atom. The van der Waals surface area contributed by atoms with Gasteiger partial charge in [-0.3, -0.25) is 10.00 Å². The number of H-pyrrole nitrogens is 1.